The van der Waals surface area contributed by atoms with Crippen LogP contribution in [0.5, 0.6) is 0 Å². The van der Waals surface area contributed by atoms with Gasteiger partial charge in [-0.05, 0) is 105 Å². The van der Waals surface area contributed by atoms with E-state index in [0.29, 0.717) is 22.3 Å². The summed E-state index contributed by atoms with van der Waals surface area (Å²) in [6.45, 7) is 27.6. The Labute approximate surface area is 382 Å². The second-order valence-electron chi connectivity index (χ2n) is 16.5. The first-order valence-corrected chi connectivity index (χ1v) is 23.0. The van der Waals surface area contributed by atoms with Crippen molar-refractivity contribution in [2.24, 2.45) is 0 Å². The number of benzene rings is 4. The molecule has 0 unspecified atom stereocenters. The number of aliphatic hydroxyl groups is 1. The highest BCUT2D eigenvalue weighted by atomic mass is 28.4. The lowest BCUT2D eigenvalue weighted by molar-refractivity contribution is -0.137. The minimum atomic E-state index is -4.70. The number of halogens is 6. The fourth-order valence-electron chi connectivity index (χ4n) is 6.07. The van der Waals surface area contributed by atoms with E-state index in [0.717, 1.165) is 24.3 Å². The summed E-state index contributed by atoms with van der Waals surface area (Å²) in [6, 6.07) is 21.8. The van der Waals surface area contributed by atoms with Gasteiger partial charge < -0.3 is 29.0 Å². The average Bonchev–Trinajstić information content (AvgIpc) is 3.98. The third kappa shape index (κ3) is 12.4. The van der Waals surface area contributed by atoms with Gasteiger partial charge in [-0.3, -0.25) is 0 Å². The zero-order valence-electron chi connectivity index (χ0n) is 36.9. The molecule has 0 spiro atoms. The predicted octanol–water partition coefficient (Wildman–Crippen LogP) is 12.5. The van der Waals surface area contributed by atoms with E-state index in [1.807, 2.05) is 19.1 Å². The molecule has 4 aromatic carbocycles. The van der Waals surface area contributed by atoms with Gasteiger partial charge in [0.1, 0.15) is 12.1 Å². The number of nitrogens with one attached hydrogen (secondary N) is 2. The minimum absolute atomic E-state index is 0.0266. The van der Waals surface area contributed by atoms with Crippen molar-refractivity contribution in [3.8, 4) is 35.0 Å². The number of hydrogen-bond acceptors (Lipinski definition) is 12. The van der Waals surface area contributed by atoms with Crippen LogP contribution in [0.15, 0.2) is 93.8 Å². The Morgan fingerprint density at radius 2 is 1.04 bits per heavy atom. The van der Waals surface area contributed by atoms with Gasteiger partial charge in [-0.15, -0.1) is 20.4 Å². The normalized spacial score (nSPS) is 13.6. The van der Waals surface area contributed by atoms with Crippen LogP contribution in [0.25, 0.3) is 32.6 Å². The van der Waals surface area contributed by atoms with Gasteiger partial charge in [-0.2, -0.15) is 36.9 Å². The Bertz CT molecular complexity index is 2850. The highest BCUT2D eigenvalue weighted by Crippen LogP contribution is 2.42. The molecule has 21 heteroatoms. The minimum Gasteiger partial charge on any atom is -0.418 e. The smallest absolute Gasteiger partial charge is 0.407 e. The molecule has 0 amide bonds. The van der Waals surface area contributed by atoms with E-state index in [1.54, 1.807) is 48.5 Å². The van der Waals surface area contributed by atoms with Gasteiger partial charge >= 0.3 is 12.4 Å². The van der Waals surface area contributed by atoms with Gasteiger partial charge in [-0.25, -0.2) is 9.69 Å². The van der Waals surface area contributed by atoms with E-state index in [1.165, 1.54) is 19.1 Å². The first-order chi connectivity index (χ1) is 31.4. The summed E-state index contributed by atoms with van der Waals surface area (Å²) in [5, 5.41) is 49.8. The summed E-state index contributed by atoms with van der Waals surface area (Å²) in [5.74, 6) is 0.423. The van der Waals surface area contributed by atoms with Crippen molar-refractivity contribution in [3.05, 3.63) is 142 Å². The fourth-order valence-corrected chi connectivity index (χ4v) is 7.49. The maximum atomic E-state index is 13.6. The maximum absolute atomic E-state index is 13.6. The lowest BCUT2D eigenvalue weighted by Crippen LogP contribution is -2.45. The van der Waals surface area contributed by atoms with Gasteiger partial charge in [0.05, 0.1) is 59.7 Å². The molecule has 0 bridgehead atoms. The van der Waals surface area contributed by atoms with Crippen LogP contribution in [0, 0.1) is 35.8 Å². The number of nitrogens with zero attached hydrogens (tertiary/aromatic N) is 8. The third-order valence-electron chi connectivity index (χ3n) is 10.7. The molecule has 6 aromatic rings. The zero-order chi connectivity index (χ0) is 49.5. The van der Waals surface area contributed by atoms with Crippen molar-refractivity contribution in [2.75, 3.05) is 10.6 Å². The average molecular weight is 941 g/mol. The second kappa shape index (κ2) is 20.3. The second-order valence-corrected chi connectivity index (χ2v) is 21.3. The Morgan fingerprint density at radius 1 is 0.657 bits per heavy atom. The molecular formula is C46H42F6N10O4Si. The molecule has 0 radical (unpaired) electrons. The Morgan fingerprint density at radius 3 is 1.39 bits per heavy atom. The van der Waals surface area contributed by atoms with Gasteiger partial charge in [0.25, 0.3) is 0 Å². The molecule has 67 heavy (non-hydrogen) atoms. The molecule has 0 saturated carbocycles. The summed E-state index contributed by atoms with van der Waals surface area (Å²) in [5.41, 5.74) is -0.916. The molecular weight excluding hydrogens is 899 g/mol. The first kappa shape index (κ1) is 50.4. The zero-order valence-corrected chi connectivity index (χ0v) is 37.9. The monoisotopic (exact) mass is 940 g/mol. The van der Waals surface area contributed by atoms with E-state index < -0.39 is 67.5 Å². The van der Waals surface area contributed by atoms with E-state index >= 15 is 0 Å². The van der Waals surface area contributed by atoms with Crippen LogP contribution in [-0.2, 0) is 16.8 Å². The molecule has 346 valence electrons. The topological polar surface area (TPSA) is 188 Å². The summed E-state index contributed by atoms with van der Waals surface area (Å²) < 4.78 is 98.4. The summed E-state index contributed by atoms with van der Waals surface area (Å²) >= 11 is 0. The number of nitriles is 2. The quantitative estimate of drug-likeness (QED) is 0.0599. The highest BCUT2D eigenvalue weighted by Gasteiger charge is 2.41. The van der Waals surface area contributed by atoms with Crippen LogP contribution in [0.2, 0.25) is 18.1 Å². The number of aromatic nitrogens is 4. The SMILES string of the molecule is [C-]#[N+]c1ccc(N[C@@H](c2nnc(-c3ccc(C#N)cc3)o2)[C@@H](C)O)cc1C(F)(F)F.[C-]#[N+]c1ccc(N[C@@H](c2nnc(-c3ccc(C#N)cc3)o2)[C@@H](C)O[Si](C)(C)C(C)(C)C)cc1C(F)(F)F. The standard InChI is InChI=1S/C26H28F3N5O2Si.C20H14F3N5O2/c1-16(36-37(6,7)25(2,3)4)22(32-19-12-13-21(31-5)20(14-19)26(27,28)29)24-34-33-23(35-24)18-10-8-17(15-30)9-11-18;1-11(29)17(26-14-7-8-16(25-2)15(9-14)20(21,22)23)19-28-27-18(30-19)13-5-3-12(10-24)4-6-13/h8-14,16,22,32H,1-4,6-7H3;3-9,11,17,26,29H,1H3/t16-,22-;11-,17-/m11/s1. The first-order valence-electron chi connectivity index (χ1n) is 20.1. The highest BCUT2D eigenvalue weighted by molar-refractivity contribution is 6.74. The molecule has 2 aromatic heterocycles. The molecule has 0 saturated heterocycles. The lowest BCUT2D eigenvalue weighted by Gasteiger charge is -2.40. The molecule has 2 heterocycles. The van der Waals surface area contributed by atoms with E-state index in [4.69, 9.17) is 36.9 Å². The van der Waals surface area contributed by atoms with Crippen molar-refractivity contribution in [2.45, 2.75) is 89.4 Å². The summed E-state index contributed by atoms with van der Waals surface area (Å²) in [4.78, 5) is 5.89. The maximum Gasteiger partial charge on any atom is 0.407 e. The Kier molecular flexibility index (Phi) is 15.3. The Balaban J connectivity index is 0.000000256. The van der Waals surface area contributed by atoms with E-state index in [2.05, 4.69) is 74.6 Å². The van der Waals surface area contributed by atoms with Crippen LogP contribution in [0.3, 0.4) is 0 Å². The lowest BCUT2D eigenvalue weighted by atomic mass is 10.1. The molecule has 0 fully saturated rings. The largest absolute Gasteiger partial charge is 0.418 e. The molecule has 0 aliphatic heterocycles. The molecule has 6 rings (SSSR count). The Hall–Kier alpha value is -7.56. The molecule has 14 nitrogen and oxygen atoms in total. The molecule has 4 atom stereocenters. The number of rotatable bonds is 12. The van der Waals surface area contributed by atoms with Crippen LogP contribution < -0.4 is 10.6 Å². The number of alkyl halides is 6. The van der Waals surface area contributed by atoms with Crippen molar-refractivity contribution >= 4 is 31.1 Å². The van der Waals surface area contributed by atoms with Crippen molar-refractivity contribution in [1.82, 2.24) is 20.4 Å². The van der Waals surface area contributed by atoms with Gasteiger partial charge in [0.15, 0.2) is 19.7 Å². The number of hydrogen-bond donors (Lipinski definition) is 3. The fraction of sp³-hybridized carbons (Fsp3) is 0.304. The van der Waals surface area contributed by atoms with Crippen LogP contribution >= 0.6 is 0 Å². The molecule has 3 N–H and O–H groups in total. The molecule has 0 aliphatic rings. The van der Waals surface area contributed by atoms with E-state index in [9.17, 15) is 31.4 Å². The summed E-state index contributed by atoms with van der Waals surface area (Å²) in [7, 11) is -2.28. The number of anilines is 2. The van der Waals surface area contributed by atoms with Crippen LogP contribution in [0.4, 0.5) is 49.1 Å². The van der Waals surface area contributed by atoms with Crippen LogP contribution in [-0.4, -0.2) is 46.0 Å². The number of aliphatic hydroxyl groups excluding tert-OH is 1. The summed E-state index contributed by atoms with van der Waals surface area (Å²) in [6.07, 6.45) is -11.0. The third-order valence-corrected chi connectivity index (χ3v) is 15.2. The van der Waals surface area contributed by atoms with Gasteiger partial charge in [-0.1, -0.05) is 32.9 Å². The van der Waals surface area contributed by atoms with Gasteiger partial charge in [0.2, 0.25) is 23.6 Å². The molecule has 0 aliphatic carbocycles. The van der Waals surface area contributed by atoms with E-state index in [-0.39, 0.29) is 40.0 Å². The van der Waals surface area contributed by atoms with Crippen molar-refractivity contribution in [1.29, 1.82) is 10.5 Å². The predicted molar refractivity (Wildman–Crippen MR) is 236 cm³/mol. The van der Waals surface area contributed by atoms with Crippen molar-refractivity contribution in [3.63, 3.8) is 0 Å². The van der Waals surface area contributed by atoms with Gasteiger partial charge in [0, 0.05) is 22.5 Å². The van der Waals surface area contributed by atoms with Crippen molar-refractivity contribution < 1.29 is 44.7 Å². The van der Waals surface area contributed by atoms with Crippen LogP contribution in [0.1, 0.15) is 80.7 Å².